The predicted octanol–water partition coefficient (Wildman–Crippen LogP) is 3.69. The SMILES string of the molecule is C=C/C(C)=C\C(=C/C)C12CCCN1CCC2. The Balaban J connectivity index is 2.30. The molecule has 0 aromatic rings. The van der Waals surface area contributed by atoms with E-state index in [-0.39, 0.29) is 0 Å². The van der Waals surface area contributed by atoms with Crippen LogP contribution in [0.3, 0.4) is 0 Å². The Morgan fingerprint density at radius 2 is 1.88 bits per heavy atom. The van der Waals surface area contributed by atoms with Gasteiger partial charge >= 0.3 is 0 Å². The van der Waals surface area contributed by atoms with Gasteiger partial charge in [-0.3, -0.25) is 4.90 Å². The van der Waals surface area contributed by atoms with Crippen LogP contribution < -0.4 is 0 Å². The summed E-state index contributed by atoms with van der Waals surface area (Å²) in [5.74, 6) is 0. The molecule has 0 N–H and O–H groups in total. The van der Waals surface area contributed by atoms with E-state index in [1.807, 2.05) is 6.08 Å². The molecule has 2 rings (SSSR count). The molecule has 2 aliphatic rings. The number of allylic oxidation sites excluding steroid dienone is 3. The predicted molar refractivity (Wildman–Crippen MR) is 70.5 cm³/mol. The fourth-order valence-corrected chi connectivity index (χ4v) is 3.37. The van der Waals surface area contributed by atoms with Crippen molar-refractivity contribution in [3.63, 3.8) is 0 Å². The van der Waals surface area contributed by atoms with Crippen molar-refractivity contribution in [2.75, 3.05) is 13.1 Å². The van der Waals surface area contributed by atoms with E-state index in [2.05, 4.69) is 37.5 Å². The van der Waals surface area contributed by atoms with Crippen LogP contribution in [0, 0.1) is 0 Å². The van der Waals surface area contributed by atoms with E-state index >= 15 is 0 Å². The average molecular weight is 217 g/mol. The number of fused-ring (bicyclic) bond motifs is 1. The fourth-order valence-electron chi connectivity index (χ4n) is 3.37. The van der Waals surface area contributed by atoms with E-state index in [9.17, 15) is 0 Å². The molecule has 2 fully saturated rings. The van der Waals surface area contributed by atoms with Crippen LogP contribution in [0.5, 0.6) is 0 Å². The summed E-state index contributed by atoms with van der Waals surface area (Å²) in [5, 5.41) is 0. The average Bonchev–Trinajstić information content (AvgIpc) is 2.84. The minimum atomic E-state index is 0.374. The van der Waals surface area contributed by atoms with Gasteiger partial charge < -0.3 is 0 Å². The van der Waals surface area contributed by atoms with Crippen LogP contribution in [0.4, 0.5) is 0 Å². The van der Waals surface area contributed by atoms with Gasteiger partial charge in [0.2, 0.25) is 0 Å². The third-order valence-electron chi connectivity index (χ3n) is 4.20. The minimum Gasteiger partial charge on any atom is -0.294 e. The maximum absolute atomic E-state index is 3.85. The zero-order chi connectivity index (χ0) is 11.6. The Labute approximate surface area is 99.5 Å². The third kappa shape index (κ3) is 1.78. The van der Waals surface area contributed by atoms with Gasteiger partial charge in [0.15, 0.2) is 0 Å². The van der Waals surface area contributed by atoms with Crippen LogP contribution in [0.15, 0.2) is 36.0 Å². The van der Waals surface area contributed by atoms with E-state index in [0.29, 0.717) is 5.54 Å². The van der Waals surface area contributed by atoms with Crippen LogP contribution in [-0.2, 0) is 0 Å². The monoisotopic (exact) mass is 217 g/mol. The Kier molecular flexibility index (Phi) is 3.34. The summed E-state index contributed by atoms with van der Waals surface area (Å²) < 4.78 is 0. The van der Waals surface area contributed by atoms with E-state index in [1.54, 1.807) is 0 Å². The van der Waals surface area contributed by atoms with Crippen molar-refractivity contribution in [2.45, 2.75) is 45.1 Å². The highest BCUT2D eigenvalue weighted by atomic mass is 15.2. The molecule has 0 spiro atoms. The van der Waals surface area contributed by atoms with Crippen LogP contribution in [0.2, 0.25) is 0 Å². The Hall–Kier alpha value is -0.820. The first kappa shape index (κ1) is 11.7. The second kappa shape index (κ2) is 4.58. The Morgan fingerprint density at radius 3 is 2.38 bits per heavy atom. The van der Waals surface area contributed by atoms with E-state index in [4.69, 9.17) is 0 Å². The lowest BCUT2D eigenvalue weighted by Crippen LogP contribution is -2.39. The molecule has 0 aromatic carbocycles. The normalized spacial score (nSPS) is 25.9. The molecule has 1 heteroatoms. The number of hydrogen-bond donors (Lipinski definition) is 0. The molecular formula is C15H23N. The molecule has 1 nitrogen and oxygen atoms in total. The van der Waals surface area contributed by atoms with Crippen molar-refractivity contribution in [2.24, 2.45) is 0 Å². The molecular weight excluding hydrogens is 194 g/mol. The molecule has 0 unspecified atom stereocenters. The zero-order valence-corrected chi connectivity index (χ0v) is 10.6. The fraction of sp³-hybridized carbons (Fsp3) is 0.600. The smallest absolute Gasteiger partial charge is 0.0458 e. The second-order valence-electron chi connectivity index (χ2n) is 5.06. The van der Waals surface area contributed by atoms with Gasteiger partial charge in [-0.2, -0.15) is 0 Å². The molecule has 0 saturated carbocycles. The first-order valence-corrected chi connectivity index (χ1v) is 6.45. The molecule has 0 amide bonds. The summed E-state index contributed by atoms with van der Waals surface area (Å²) in [6, 6.07) is 0. The molecule has 88 valence electrons. The van der Waals surface area contributed by atoms with Crippen LogP contribution in [-0.4, -0.2) is 23.5 Å². The molecule has 2 aliphatic heterocycles. The molecule has 0 atom stereocenters. The zero-order valence-electron chi connectivity index (χ0n) is 10.6. The van der Waals surface area contributed by atoms with Crippen LogP contribution in [0.1, 0.15) is 39.5 Å². The molecule has 2 heterocycles. The Morgan fingerprint density at radius 1 is 1.25 bits per heavy atom. The lowest BCUT2D eigenvalue weighted by molar-refractivity contribution is 0.240. The molecule has 0 aromatic heterocycles. The minimum absolute atomic E-state index is 0.374. The Bertz CT molecular complexity index is 325. The van der Waals surface area contributed by atoms with Crippen molar-refractivity contribution < 1.29 is 0 Å². The molecule has 2 saturated heterocycles. The number of rotatable bonds is 3. The summed E-state index contributed by atoms with van der Waals surface area (Å²) in [6.07, 6.45) is 12.0. The van der Waals surface area contributed by atoms with Crippen LogP contribution in [0.25, 0.3) is 0 Å². The molecule has 0 radical (unpaired) electrons. The van der Waals surface area contributed by atoms with Crippen molar-refractivity contribution in [1.82, 2.24) is 4.90 Å². The third-order valence-corrected chi connectivity index (χ3v) is 4.20. The number of nitrogens with zero attached hydrogens (tertiary/aromatic N) is 1. The summed E-state index contributed by atoms with van der Waals surface area (Å²) in [7, 11) is 0. The van der Waals surface area contributed by atoms with Gasteiger partial charge in [0, 0.05) is 5.54 Å². The highest BCUT2D eigenvalue weighted by molar-refractivity contribution is 5.38. The van der Waals surface area contributed by atoms with E-state index in [1.165, 1.54) is 49.9 Å². The van der Waals surface area contributed by atoms with Crippen molar-refractivity contribution >= 4 is 0 Å². The van der Waals surface area contributed by atoms with E-state index in [0.717, 1.165) is 0 Å². The largest absolute Gasteiger partial charge is 0.294 e. The van der Waals surface area contributed by atoms with Crippen molar-refractivity contribution in [3.05, 3.63) is 36.0 Å². The van der Waals surface area contributed by atoms with Crippen LogP contribution >= 0.6 is 0 Å². The quantitative estimate of drug-likeness (QED) is 0.652. The summed E-state index contributed by atoms with van der Waals surface area (Å²) in [4.78, 5) is 2.69. The van der Waals surface area contributed by atoms with Gasteiger partial charge in [0.1, 0.15) is 0 Å². The van der Waals surface area contributed by atoms with Gasteiger partial charge in [0.25, 0.3) is 0 Å². The van der Waals surface area contributed by atoms with E-state index < -0.39 is 0 Å². The molecule has 16 heavy (non-hydrogen) atoms. The summed E-state index contributed by atoms with van der Waals surface area (Å²) in [6.45, 7) is 10.7. The van der Waals surface area contributed by atoms with Crippen molar-refractivity contribution in [1.29, 1.82) is 0 Å². The number of hydrogen-bond acceptors (Lipinski definition) is 1. The summed E-state index contributed by atoms with van der Waals surface area (Å²) >= 11 is 0. The molecule has 0 bridgehead atoms. The van der Waals surface area contributed by atoms with Gasteiger partial charge in [0.05, 0.1) is 0 Å². The maximum Gasteiger partial charge on any atom is 0.0458 e. The lowest BCUT2D eigenvalue weighted by atomic mass is 9.84. The topological polar surface area (TPSA) is 3.24 Å². The van der Waals surface area contributed by atoms with Crippen molar-refractivity contribution in [3.8, 4) is 0 Å². The highest BCUT2D eigenvalue weighted by Gasteiger charge is 2.45. The van der Waals surface area contributed by atoms with Gasteiger partial charge in [-0.1, -0.05) is 30.4 Å². The standard InChI is InChI=1S/C15H23N/c1-4-13(3)12-14(5-2)15-8-6-10-16(15)11-7-9-15/h4-5,12H,1,6-11H2,2-3H3/b13-12-,14-5+. The van der Waals surface area contributed by atoms with Gasteiger partial charge in [-0.25, -0.2) is 0 Å². The molecule has 0 aliphatic carbocycles. The second-order valence-corrected chi connectivity index (χ2v) is 5.06. The highest BCUT2D eigenvalue weighted by Crippen LogP contribution is 2.44. The lowest BCUT2D eigenvalue weighted by Gasteiger charge is -2.34. The summed E-state index contributed by atoms with van der Waals surface area (Å²) in [5.41, 5.74) is 3.17. The first-order chi connectivity index (χ1) is 7.73. The van der Waals surface area contributed by atoms with Gasteiger partial charge in [-0.15, -0.1) is 0 Å². The van der Waals surface area contributed by atoms with Gasteiger partial charge in [-0.05, 0) is 58.2 Å². The maximum atomic E-state index is 3.85. The first-order valence-electron chi connectivity index (χ1n) is 6.45.